The summed E-state index contributed by atoms with van der Waals surface area (Å²) in [7, 11) is 2.13. The Kier molecular flexibility index (Phi) is 6.48. The van der Waals surface area contributed by atoms with E-state index in [4.69, 9.17) is 15.5 Å². The third-order valence-electron chi connectivity index (χ3n) is 6.61. The number of carbonyl (C=O) groups is 1. The maximum absolute atomic E-state index is 12.4. The molecular formula is C29H30N4O3. The molecule has 184 valence electrons. The molecule has 0 amide bonds. The van der Waals surface area contributed by atoms with Crippen LogP contribution in [0.4, 0.5) is 11.4 Å². The number of likely N-dealkylation sites (tertiary alicyclic amines) is 1. The van der Waals surface area contributed by atoms with E-state index in [1.807, 2.05) is 60.7 Å². The maximum Gasteiger partial charge on any atom is 0.230 e. The second-order valence-electron chi connectivity index (χ2n) is 9.27. The van der Waals surface area contributed by atoms with Crippen LogP contribution in [0.5, 0.6) is 11.6 Å². The lowest BCUT2D eigenvalue weighted by molar-refractivity contribution is 0.0933. The van der Waals surface area contributed by atoms with Crippen molar-refractivity contribution >= 4 is 33.9 Å². The molecule has 2 heterocycles. The van der Waals surface area contributed by atoms with Gasteiger partial charge in [0, 0.05) is 36.7 Å². The van der Waals surface area contributed by atoms with Gasteiger partial charge in [0.05, 0.1) is 22.5 Å². The summed E-state index contributed by atoms with van der Waals surface area (Å²) in [5.74, 6) is 0.348. The van der Waals surface area contributed by atoms with Crippen LogP contribution in [-0.4, -0.2) is 52.4 Å². The summed E-state index contributed by atoms with van der Waals surface area (Å²) < 4.78 is 7.46. The molecule has 0 atom stereocenters. The van der Waals surface area contributed by atoms with E-state index < -0.39 is 0 Å². The van der Waals surface area contributed by atoms with Gasteiger partial charge in [-0.05, 0) is 62.4 Å². The van der Waals surface area contributed by atoms with Crippen molar-refractivity contribution in [1.29, 1.82) is 0 Å². The smallest absolute Gasteiger partial charge is 0.230 e. The average Bonchev–Trinajstić information content (AvgIpc) is 3.16. The lowest BCUT2D eigenvalue weighted by Crippen LogP contribution is -2.35. The van der Waals surface area contributed by atoms with E-state index in [9.17, 15) is 9.90 Å². The fraction of sp³-hybridized carbons (Fsp3) is 0.241. The van der Waals surface area contributed by atoms with E-state index in [1.54, 1.807) is 12.1 Å². The largest absolute Gasteiger partial charge is 0.494 e. The van der Waals surface area contributed by atoms with E-state index in [0.29, 0.717) is 33.6 Å². The molecule has 0 saturated carbocycles. The summed E-state index contributed by atoms with van der Waals surface area (Å²) in [6.07, 6.45) is 2.24. The van der Waals surface area contributed by atoms with E-state index in [2.05, 4.69) is 11.9 Å². The number of carbonyl (C=O) groups excluding carboxylic acids is 1. The van der Waals surface area contributed by atoms with Gasteiger partial charge in [-0.3, -0.25) is 9.36 Å². The summed E-state index contributed by atoms with van der Waals surface area (Å²) in [4.78, 5) is 19.7. The number of aromatic hydroxyl groups is 1. The Morgan fingerprint density at radius 1 is 1.03 bits per heavy atom. The number of anilines is 1. The molecule has 3 N–H and O–H groups in total. The van der Waals surface area contributed by atoms with Gasteiger partial charge in [0.15, 0.2) is 0 Å². The van der Waals surface area contributed by atoms with Gasteiger partial charge in [-0.2, -0.15) is 0 Å². The molecule has 36 heavy (non-hydrogen) atoms. The fourth-order valence-corrected chi connectivity index (χ4v) is 4.73. The highest BCUT2D eigenvalue weighted by Gasteiger charge is 2.24. The number of rotatable bonds is 5. The van der Waals surface area contributed by atoms with Crippen LogP contribution >= 0.6 is 0 Å². The van der Waals surface area contributed by atoms with Crippen molar-refractivity contribution in [2.24, 2.45) is 4.99 Å². The van der Waals surface area contributed by atoms with Crippen LogP contribution in [-0.2, 0) is 0 Å². The topological polar surface area (TPSA) is 93.1 Å². The predicted molar refractivity (Wildman–Crippen MR) is 144 cm³/mol. The number of fused-ring (bicyclic) bond motifs is 1. The average molecular weight is 483 g/mol. The molecule has 7 heteroatoms. The van der Waals surface area contributed by atoms with Crippen LogP contribution in [0.1, 0.15) is 35.7 Å². The van der Waals surface area contributed by atoms with Crippen LogP contribution in [0, 0.1) is 0 Å². The Bertz CT molecular complexity index is 1420. The molecule has 1 aliphatic heterocycles. The molecule has 4 aromatic rings. The molecule has 5 rings (SSSR count). The van der Waals surface area contributed by atoms with Crippen molar-refractivity contribution in [3.05, 3.63) is 83.9 Å². The second kappa shape index (κ2) is 9.87. The molecule has 0 unspecified atom stereocenters. The molecule has 0 bridgehead atoms. The number of piperidine rings is 1. The molecule has 0 radical (unpaired) electrons. The van der Waals surface area contributed by atoms with Crippen molar-refractivity contribution in [2.45, 2.75) is 25.9 Å². The number of ether oxygens (including phenoxy) is 1. The zero-order valence-corrected chi connectivity index (χ0v) is 20.5. The number of aromatic nitrogens is 1. The molecule has 1 fully saturated rings. The maximum atomic E-state index is 12.4. The minimum Gasteiger partial charge on any atom is -0.494 e. The fourth-order valence-electron chi connectivity index (χ4n) is 4.73. The van der Waals surface area contributed by atoms with Crippen molar-refractivity contribution in [3.8, 4) is 11.6 Å². The Labute approximate surface area is 210 Å². The van der Waals surface area contributed by atoms with Crippen molar-refractivity contribution in [2.75, 3.05) is 25.9 Å². The monoisotopic (exact) mass is 482 g/mol. The zero-order chi connectivity index (χ0) is 25.2. The molecule has 3 aromatic carbocycles. The number of nitrogens with two attached hydrogens (primary N) is 1. The minimum absolute atomic E-state index is 0.159. The quantitative estimate of drug-likeness (QED) is 0.300. The van der Waals surface area contributed by atoms with Gasteiger partial charge in [-0.15, -0.1) is 0 Å². The van der Waals surface area contributed by atoms with Crippen LogP contribution in [0.3, 0.4) is 0 Å². The second-order valence-corrected chi connectivity index (χ2v) is 9.27. The number of benzene rings is 3. The SMILES string of the molecule is CC(=O)n1c(O)c(C(=Nc2ccc(OC3CCN(C)CC3)cc2)c2ccccc2)c2ccc(N)cc21. The first-order valence-electron chi connectivity index (χ1n) is 12.1. The molecule has 0 spiro atoms. The Morgan fingerprint density at radius 3 is 2.39 bits per heavy atom. The Hall–Kier alpha value is -4.10. The van der Waals surface area contributed by atoms with E-state index >= 15 is 0 Å². The summed E-state index contributed by atoms with van der Waals surface area (Å²) in [6, 6.07) is 22.6. The summed E-state index contributed by atoms with van der Waals surface area (Å²) in [6.45, 7) is 3.49. The highest BCUT2D eigenvalue weighted by molar-refractivity contribution is 6.23. The minimum atomic E-state index is -0.308. The lowest BCUT2D eigenvalue weighted by Gasteiger charge is -2.29. The number of nitrogen functional groups attached to an aromatic ring is 1. The van der Waals surface area contributed by atoms with Gasteiger partial charge in [-0.25, -0.2) is 4.99 Å². The number of nitrogens with zero attached hydrogens (tertiary/aromatic N) is 3. The van der Waals surface area contributed by atoms with Gasteiger partial charge in [0.1, 0.15) is 11.9 Å². The third kappa shape index (κ3) is 4.70. The van der Waals surface area contributed by atoms with Crippen molar-refractivity contribution in [3.63, 3.8) is 0 Å². The van der Waals surface area contributed by atoms with E-state index in [1.165, 1.54) is 11.5 Å². The van der Waals surface area contributed by atoms with E-state index in [-0.39, 0.29) is 17.9 Å². The summed E-state index contributed by atoms with van der Waals surface area (Å²) in [5, 5.41) is 11.9. The standard InChI is InChI=1S/C29H30N4O3/c1-19(34)33-26-18-21(30)8-13-25(26)27(29(33)35)28(20-6-4-3-5-7-20)31-22-9-11-23(12-10-22)36-24-14-16-32(2)17-15-24/h3-13,18,24,35H,14-17,30H2,1-2H3. The Balaban J connectivity index is 1.57. The van der Waals surface area contributed by atoms with Crippen molar-refractivity contribution in [1.82, 2.24) is 9.47 Å². The Morgan fingerprint density at radius 2 is 1.72 bits per heavy atom. The summed E-state index contributed by atoms with van der Waals surface area (Å²) >= 11 is 0. The first kappa shape index (κ1) is 23.6. The van der Waals surface area contributed by atoms with E-state index in [0.717, 1.165) is 37.2 Å². The van der Waals surface area contributed by atoms with Gasteiger partial charge in [0.2, 0.25) is 11.8 Å². The molecule has 0 aliphatic carbocycles. The van der Waals surface area contributed by atoms with Gasteiger partial charge in [0.25, 0.3) is 0 Å². The summed E-state index contributed by atoms with van der Waals surface area (Å²) in [5.41, 5.74) is 9.63. The predicted octanol–water partition coefficient (Wildman–Crippen LogP) is 5.23. The first-order chi connectivity index (χ1) is 17.4. The molecule has 1 saturated heterocycles. The van der Waals surface area contributed by atoms with Gasteiger partial charge in [-0.1, -0.05) is 30.3 Å². The molecule has 1 aromatic heterocycles. The lowest BCUT2D eigenvalue weighted by atomic mass is 10.0. The molecule has 7 nitrogen and oxygen atoms in total. The number of hydrogen-bond acceptors (Lipinski definition) is 6. The molecular weight excluding hydrogens is 452 g/mol. The van der Waals surface area contributed by atoms with Crippen LogP contribution in [0.2, 0.25) is 0 Å². The molecule has 1 aliphatic rings. The highest BCUT2D eigenvalue weighted by Crippen LogP contribution is 2.36. The van der Waals surface area contributed by atoms with Crippen LogP contribution in [0.25, 0.3) is 10.9 Å². The number of aliphatic imine (C=N–C) groups is 1. The normalized spacial score (nSPS) is 15.3. The van der Waals surface area contributed by atoms with Crippen molar-refractivity contribution < 1.29 is 14.6 Å². The zero-order valence-electron chi connectivity index (χ0n) is 20.5. The van der Waals surface area contributed by atoms with Crippen LogP contribution < -0.4 is 10.5 Å². The van der Waals surface area contributed by atoms with Gasteiger partial charge < -0.3 is 20.5 Å². The van der Waals surface area contributed by atoms with Crippen LogP contribution in [0.15, 0.2) is 77.8 Å². The number of hydrogen-bond donors (Lipinski definition) is 2. The first-order valence-corrected chi connectivity index (χ1v) is 12.1. The van der Waals surface area contributed by atoms with Gasteiger partial charge >= 0.3 is 0 Å². The third-order valence-corrected chi connectivity index (χ3v) is 6.61. The highest BCUT2D eigenvalue weighted by atomic mass is 16.5.